The lowest BCUT2D eigenvalue weighted by molar-refractivity contribution is 0.102. The average molecular weight is 349 g/mol. The molecular formula is C21H20FN3O. The first kappa shape index (κ1) is 17.6. The summed E-state index contributed by atoms with van der Waals surface area (Å²) in [7, 11) is 0. The number of hydrogen-bond acceptors (Lipinski definition) is 3. The van der Waals surface area contributed by atoms with Crippen molar-refractivity contribution < 1.29 is 9.18 Å². The molecule has 3 rings (SSSR count). The fraction of sp³-hybridized carbons (Fsp3) is 0.143. The number of nitrogens with one attached hydrogen (secondary N) is 2. The second-order valence-corrected chi connectivity index (χ2v) is 6.26. The number of rotatable bonds is 5. The highest BCUT2D eigenvalue weighted by molar-refractivity contribution is 6.04. The molecule has 1 aromatic heterocycles. The van der Waals surface area contributed by atoms with Gasteiger partial charge in [0.25, 0.3) is 5.91 Å². The number of para-hydroxylation sites is 1. The van der Waals surface area contributed by atoms with Gasteiger partial charge in [0.15, 0.2) is 0 Å². The predicted octanol–water partition coefficient (Wildman–Crippen LogP) is 5.34. The molecule has 132 valence electrons. The molecule has 2 aromatic carbocycles. The second kappa shape index (κ2) is 7.78. The van der Waals surface area contributed by atoms with Crippen LogP contribution in [0.1, 0.15) is 35.7 Å². The molecule has 5 heteroatoms. The van der Waals surface area contributed by atoms with Gasteiger partial charge in [0.2, 0.25) is 0 Å². The fourth-order valence-corrected chi connectivity index (χ4v) is 2.60. The van der Waals surface area contributed by atoms with Crippen LogP contribution in [0.4, 0.5) is 21.6 Å². The first-order valence-corrected chi connectivity index (χ1v) is 8.42. The Hall–Kier alpha value is -3.21. The van der Waals surface area contributed by atoms with E-state index < -0.39 is 0 Å². The molecule has 1 amide bonds. The Balaban J connectivity index is 1.69. The van der Waals surface area contributed by atoms with E-state index in [1.165, 1.54) is 29.8 Å². The Bertz CT molecular complexity index is 890. The molecule has 2 N–H and O–H groups in total. The van der Waals surface area contributed by atoms with E-state index in [0.717, 1.165) is 5.69 Å². The predicted molar refractivity (Wildman–Crippen MR) is 102 cm³/mol. The Morgan fingerprint density at radius 1 is 1.00 bits per heavy atom. The summed E-state index contributed by atoms with van der Waals surface area (Å²) in [4.78, 5) is 16.5. The molecule has 0 saturated carbocycles. The Kier molecular flexibility index (Phi) is 5.27. The molecule has 0 fully saturated rings. The van der Waals surface area contributed by atoms with Gasteiger partial charge in [0.1, 0.15) is 11.6 Å². The maximum absolute atomic E-state index is 12.9. The Morgan fingerprint density at radius 2 is 1.73 bits per heavy atom. The maximum Gasteiger partial charge on any atom is 0.255 e. The van der Waals surface area contributed by atoms with Crippen LogP contribution in [0.25, 0.3) is 0 Å². The monoisotopic (exact) mass is 349 g/mol. The number of benzene rings is 2. The van der Waals surface area contributed by atoms with E-state index in [2.05, 4.69) is 35.5 Å². The van der Waals surface area contributed by atoms with Gasteiger partial charge in [0, 0.05) is 11.3 Å². The minimum atomic E-state index is -0.375. The first-order chi connectivity index (χ1) is 12.5. The summed E-state index contributed by atoms with van der Waals surface area (Å²) in [5.41, 5.74) is 3.18. The zero-order valence-electron chi connectivity index (χ0n) is 14.7. The summed E-state index contributed by atoms with van der Waals surface area (Å²) in [5, 5.41) is 6.05. The normalized spacial score (nSPS) is 10.6. The first-order valence-electron chi connectivity index (χ1n) is 8.42. The topological polar surface area (TPSA) is 54.0 Å². The molecule has 1 heterocycles. The van der Waals surface area contributed by atoms with E-state index in [0.29, 0.717) is 23.0 Å². The van der Waals surface area contributed by atoms with E-state index in [1.807, 2.05) is 18.2 Å². The molecule has 26 heavy (non-hydrogen) atoms. The SMILES string of the molecule is CC(C)c1ccccc1Nc1ccc(NC(=O)c2ccc(F)cc2)cn1. The molecule has 0 unspecified atom stereocenters. The standard InChI is InChI=1S/C21H20FN3O/c1-14(2)18-5-3-4-6-19(18)25-20-12-11-17(13-23-20)24-21(26)15-7-9-16(22)10-8-15/h3-14H,1-2H3,(H,23,25)(H,24,26). The molecule has 0 spiro atoms. The molecule has 0 radical (unpaired) electrons. The number of nitrogens with zero attached hydrogens (tertiary/aromatic N) is 1. The van der Waals surface area contributed by atoms with Crippen molar-refractivity contribution in [3.05, 3.63) is 83.8 Å². The van der Waals surface area contributed by atoms with Crippen LogP contribution < -0.4 is 10.6 Å². The van der Waals surface area contributed by atoms with E-state index in [9.17, 15) is 9.18 Å². The van der Waals surface area contributed by atoms with Crippen LogP contribution in [-0.2, 0) is 0 Å². The van der Waals surface area contributed by atoms with Crippen LogP contribution in [0.2, 0.25) is 0 Å². The van der Waals surface area contributed by atoms with Crippen molar-refractivity contribution in [3.63, 3.8) is 0 Å². The second-order valence-electron chi connectivity index (χ2n) is 6.26. The van der Waals surface area contributed by atoms with Gasteiger partial charge in [-0.2, -0.15) is 0 Å². The highest BCUT2D eigenvalue weighted by Crippen LogP contribution is 2.26. The molecule has 0 aliphatic carbocycles. The smallest absolute Gasteiger partial charge is 0.255 e. The van der Waals surface area contributed by atoms with Gasteiger partial charge in [0.05, 0.1) is 11.9 Å². The molecule has 3 aromatic rings. The average Bonchev–Trinajstić information content (AvgIpc) is 2.64. The molecule has 4 nitrogen and oxygen atoms in total. The van der Waals surface area contributed by atoms with Crippen LogP contribution in [-0.4, -0.2) is 10.9 Å². The van der Waals surface area contributed by atoms with Crippen molar-refractivity contribution in [1.82, 2.24) is 4.98 Å². The van der Waals surface area contributed by atoms with Gasteiger partial charge < -0.3 is 10.6 Å². The van der Waals surface area contributed by atoms with Crippen molar-refractivity contribution in [2.45, 2.75) is 19.8 Å². The lowest BCUT2D eigenvalue weighted by atomic mass is 10.0. The van der Waals surface area contributed by atoms with Crippen molar-refractivity contribution in [1.29, 1.82) is 0 Å². The Labute approximate surface area is 152 Å². The molecule has 0 aliphatic rings. The zero-order chi connectivity index (χ0) is 18.5. The lowest BCUT2D eigenvalue weighted by Crippen LogP contribution is -2.12. The van der Waals surface area contributed by atoms with Gasteiger partial charge >= 0.3 is 0 Å². The van der Waals surface area contributed by atoms with E-state index in [1.54, 1.807) is 18.3 Å². The molecule has 0 atom stereocenters. The van der Waals surface area contributed by atoms with E-state index in [4.69, 9.17) is 0 Å². The van der Waals surface area contributed by atoms with Gasteiger partial charge in [-0.15, -0.1) is 0 Å². The molecule has 0 aliphatic heterocycles. The number of halogens is 1. The summed E-state index contributed by atoms with van der Waals surface area (Å²) in [6.07, 6.45) is 1.59. The largest absolute Gasteiger partial charge is 0.340 e. The van der Waals surface area contributed by atoms with Crippen LogP contribution in [0, 0.1) is 5.82 Å². The van der Waals surface area contributed by atoms with Gasteiger partial charge in [-0.25, -0.2) is 9.37 Å². The third-order valence-electron chi connectivity index (χ3n) is 3.97. The fourth-order valence-electron chi connectivity index (χ4n) is 2.60. The minimum Gasteiger partial charge on any atom is -0.340 e. The van der Waals surface area contributed by atoms with Crippen molar-refractivity contribution in [3.8, 4) is 0 Å². The summed E-state index contributed by atoms with van der Waals surface area (Å²) < 4.78 is 12.9. The third kappa shape index (κ3) is 4.25. The number of amides is 1. The van der Waals surface area contributed by atoms with Gasteiger partial charge in [-0.1, -0.05) is 32.0 Å². The van der Waals surface area contributed by atoms with E-state index >= 15 is 0 Å². The van der Waals surface area contributed by atoms with Gasteiger partial charge in [-0.05, 0) is 53.9 Å². The van der Waals surface area contributed by atoms with Crippen molar-refractivity contribution in [2.24, 2.45) is 0 Å². The number of hydrogen-bond donors (Lipinski definition) is 2. The number of pyridine rings is 1. The van der Waals surface area contributed by atoms with Crippen LogP contribution in [0.15, 0.2) is 66.9 Å². The van der Waals surface area contributed by atoms with Crippen molar-refractivity contribution >= 4 is 23.1 Å². The van der Waals surface area contributed by atoms with Gasteiger partial charge in [-0.3, -0.25) is 4.79 Å². The molecular weight excluding hydrogens is 329 g/mol. The maximum atomic E-state index is 12.9. The van der Waals surface area contributed by atoms with Crippen LogP contribution in [0.5, 0.6) is 0 Å². The number of carbonyl (C=O) groups excluding carboxylic acids is 1. The Morgan fingerprint density at radius 3 is 2.38 bits per heavy atom. The van der Waals surface area contributed by atoms with Crippen LogP contribution >= 0.6 is 0 Å². The lowest BCUT2D eigenvalue weighted by Gasteiger charge is -2.14. The number of anilines is 3. The minimum absolute atomic E-state index is 0.308. The van der Waals surface area contributed by atoms with E-state index in [-0.39, 0.29) is 11.7 Å². The number of carbonyl (C=O) groups is 1. The molecule has 0 saturated heterocycles. The molecule has 0 bridgehead atoms. The highest BCUT2D eigenvalue weighted by Gasteiger charge is 2.08. The highest BCUT2D eigenvalue weighted by atomic mass is 19.1. The van der Waals surface area contributed by atoms with Crippen LogP contribution in [0.3, 0.4) is 0 Å². The summed E-state index contributed by atoms with van der Waals surface area (Å²) in [6, 6.07) is 17.1. The summed E-state index contributed by atoms with van der Waals surface area (Å²) >= 11 is 0. The third-order valence-corrected chi connectivity index (χ3v) is 3.97. The summed E-state index contributed by atoms with van der Waals surface area (Å²) in [6.45, 7) is 4.28. The van der Waals surface area contributed by atoms with Crippen molar-refractivity contribution in [2.75, 3.05) is 10.6 Å². The summed E-state index contributed by atoms with van der Waals surface area (Å²) in [5.74, 6) is 0.406. The number of aromatic nitrogens is 1. The quantitative estimate of drug-likeness (QED) is 0.654. The zero-order valence-corrected chi connectivity index (χ0v) is 14.7.